The van der Waals surface area contributed by atoms with E-state index in [1.165, 1.54) is 0 Å². The van der Waals surface area contributed by atoms with Crippen LogP contribution in [0.4, 0.5) is 0 Å². The lowest BCUT2D eigenvalue weighted by Crippen LogP contribution is -2.40. The molecule has 0 spiro atoms. The van der Waals surface area contributed by atoms with Crippen LogP contribution in [0.2, 0.25) is 0 Å². The van der Waals surface area contributed by atoms with Crippen molar-refractivity contribution in [2.24, 2.45) is 4.99 Å². The fraction of sp³-hybridized carbons (Fsp3) is 0.667. The second-order valence-electron chi connectivity index (χ2n) is 6.65. The maximum absolute atomic E-state index is 5.75. The minimum absolute atomic E-state index is 0.0936. The summed E-state index contributed by atoms with van der Waals surface area (Å²) in [7, 11) is 0. The van der Waals surface area contributed by atoms with Crippen LogP contribution in [-0.2, 0) is 4.74 Å². The van der Waals surface area contributed by atoms with Gasteiger partial charge in [-0.15, -0.1) is 0 Å². The van der Waals surface area contributed by atoms with Crippen molar-refractivity contribution in [1.29, 1.82) is 0 Å². The third kappa shape index (κ3) is 7.20. The van der Waals surface area contributed by atoms with Gasteiger partial charge in [-0.05, 0) is 45.4 Å². The van der Waals surface area contributed by atoms with E-state index in [-0.39, 0.29) is 6.04 Å². The summed E-state index contributed by atoms with van der Waals surface area (Å²) in [5, 5.41) is 6.82. The molecule has 1 atom stereocenters. The molecule has 0 saturated carbocycles. The molecule has 28 heavy (non-hydrogen) atoms. The number of nitrogens with one attached hydrogen (secondary N) is 2. The van der Waals surface area contributed by atoms with Crippen LogP contribution >= 0.6 is 0 Å². The van der Waals surface area contributed by atoms with Crippen LogP contribution in [0.3, 0.4) is 0 Å². The number of guanidine groups is 1. The molecule has 7 heteroatoms. The van der Waals surface area contributed by atoms with Crippen LogP contribution in [0, 0.1) is 0 Å². The highest BCUT2D eigenvalue weighted by molar-refractivity contribution is 5.80. The molecule has 0 aromatic heterocycles. The van der Waals surface area contributed by atoms with E-state index in [9.17, 15) is 0 Å². The van der Waals surface area contributed by atoms with Gasteiger partial charge < -0.3 is 24.8 Å². The Labute approximate surface area is 169 Å². The van der Waals surface area contributed by atoms with E-state index in [0.717, 1.165) is 69.0 Å². The second kappa shape index (κ2) is 12.5. The van der Waals surface area contributed by atoms with E-state index in [1.807, 2.05) is 26.0 Å². The monoisotopic (exact) mass is 392 g/mol. The van der Waals surface area contributed by atoms with Crippen molar-refractivity contribution in [2.75, 3.05) is 59.2 Å². The average molecular weight is 393 g/mol. The Morgan fingerprint density at radius 1 is 1.14 bits per heavy atom. The molecular formula is C21H36N4O3. The second-order valence-corrected chi connectivity index (χ2v) is 6.65. The van der Waals surface area contributed by atoms with Gasteiger partial charge in [0.1, 0.15) is 0 Å². The SMILES string of the molecule is CCNC(=NCCN1CCOCC1)NC(C)c1ccc(OCC)c(OCC)c1. The number of benzene rings is 1. The number of aliphatic imine (C=N–C) groups is 1. The summed E-state index contributed by atoms with van der Waals surface area (Å²) < 4.78 is 16.8. The quantitative estimate of drug-likeness (QED) is 0.471. The summed E-state index contributed by atoms with van der Waals surface area (Å²) in [5.41, 5.74) is 1.13. The zero-order chi connectivity index (χ0) is 20.2. The Hall–Kier alpha value is -1.99. The first kappa shape index (κ1) is 22.3. The van der Waals surface area contributed by atoms with Crippen LogP contribution in [0.1, 0.15) is 39.3 Å². The maximum atomic E-state index is 5.75. The average Bonchev–Trinajstić information content (AvgIpc) is 2.70. The van der Waals surface area contributed by atoms with E-state index >= 15 is 0 Å². The number of ether oxygens (including phenoxy) is 3. The molecule has 1 aliphatic heterocycles. The molecule has 1 heterocycles. The Balaban J connectivity index is 1.98. The minimum atomic E-state index is 0.0936. The lowest BCUT2D eigenvalue weighted by atomic mass is 10.1. The lowest BCUT2D eigenvalue weighted by molar-refractivity contribution is 0.0394. The van der Waals surface area contributed by atoms with Crippen molar-refractivity contribution >= 4 is 5.96 Å². The summed E-state index contributed by atoms with van der Waals surface area (Å²) in [5.74, 6) is 2.39. The molecule has 7 nitrogen and oxygen atoms in total. The molecule has 0 amide bonds. The third-order valence-corrected chi connectivity index (χ3v) is 4.55. The van der Waals surface area contributed by atoms with Gasteiger partial charge in [-0.3, -0.25) is 9.89 Å². The first-order valence-corrected chi connectivity index (χ1v) is 10.4. The molecule has 2 rings (SSSR count). The largest absolute Gasteiger partial charge is 0.490 e. The summed E-state index contributed by atoms with van der Waals surface area (Å²) >= 11 is 0. The zero-order valence-electron chi connectivity index (χ0n) is 17.8. The van der Waals surface area contributed by atoms with Gasteiger partial charge >= 0.3 is 0 Å². The summed E-state index contributed by atoms with van der Waals surface area (Å²) in [6.07, 6.45) is 0. The number of hydrogen-bond acceptors (Lipinski definition) is 5. The van der Waals surface area contributed by atoms with Gasteiger partial charge in [-0.25, -0.2) is 0 Å². The number of morpholine rings is 1. The van der Waals surface area contributed by atoms with Gasteiger partial charge in [-0.1, -0.05) is 6.07 Å². The fourth-order valence-corrected chi connectivity index (χ4v) is 3.07. The molecular weight excluding hydrogens is 356 g/mol. The van der Waals surface area contributed by atoms with Gasteiger partial charge in [0.2, 0.25) is 0 Å². The van der Waals surface area contributed by atoms with E-state index in [2.05, 4.69) is 35.4 Å². The Bertz CT molecular complexity index is 603. The highest BCUT2D eigenvalue weighted by Crippen LogP contribution is 2.30. The van der Waals surface area contributed by atoms with Gasteiger partial charge in [0, 0.05) is 26.2 Å². The van der Waals surface area contributed by atoms with Crippen LogP contribution in [0.25, 0.3) is 0 Å². The maximum Gasteiger partial charge on any atom is 0.191 e. The van der Waals surface area contributed by atoms with Gasteiger partial charge in [-0.2, -0.15) is 0 Å². The molecule has 158 valence electrons. The Kier molecular flexibility index (Phi) is 9.93. The molecule has 0 bridgehead atoms. The first-order chi connectivity index (χ1) is 13.7. The lowest BCUT2D eigenvalue weighted by Gasteiger charge is -2.26. The van der Waals surface area contributed by atoms with Crippen LogP contribution in [-0.4, -0.2) is 70.0 Å². The van der Waals surface area contributed by atoms with Crippen molar-refractivity contribution in [2.45, 2.75) is 33.7 Å². The Morgan fingerprint density at radius 3 is 2.54 bits per heavy atom. The highest BCUT2D eigenvalue weighted by atomic mass is 16.5. The summed E-state index contributed by atoms with van der Waals surface area (Å²) in [6, 6.07) is 6.19. The van der Waals surface area contributed by atoms with E-state index in [0.29, 0.717) is 13.2 Å². The molecule has 0 radical (unpaired) electrons. The van der Waals surface area contributed by atoms with Crippen molar-refractivity contribution < 1.29 is 14.2 Å². The predicted molar refractivity (Wildman–Crippen MR) is 114 cm³/mol. The van der Waals surface area contributed by atoms with Gasteiger partial charge in [0.05, 0.1) is 39.0 Å². The van der Waals surface area contributed by atoms with E-state index in [1.54, 1.807) is 0 Å². The molecule has 1 aromatic carbocycles. The third-order valence-electron chi connectivity index (χ3n) is 4.55. The number of hydrogen-bond donors (Lipinski definition) is 2. The predicted octanol–water partition coefficient (Wildman–Crippen LogP) is 2.43. The van der Waals surface area contributed by atoms with Gasteiger partial charge in [0.15, 0.2) is 17.5 Å². The molecule has 1 saturated heterocycles. The minimum Gasteiger partial charge on any atom is -0.490 e. The number of nitrogens with zero attached hydrogens (tertiary/aromatic N) is 2. The topological polar surface area (TPSA) is 67.4 Å². The molecule has 1 unspecified atom stereocenters. The smallest absolute Gasteiger partial charge is 0.191 e. The molecule has 2 N–H and O–H groups in total. The van der Waals surface area contributed by atoms with Crippen LogP contribution in [0.15, 0.2) is 23.2 Å². The molecule has 1 aliphatic rings. The van der Waals surface area contributed by atoms with Crippen molar-refractivity contribution in [3.05, 3.63) is 23.8 Å². The van der Waals surface area contributed by atoms with Crippen LogP contribution < -0.4 is 20.1 Å². The molecule has 1 aromatic rings. The van der Waals surface area contributed by atoms with Gasteiger partial charge in [0.25, 0.3) is 0 Å². The molecule has 0 aliphatic carbocycles. The van der Waals surface area contributed by atoms with E-state index in [4.69, 9.17) is 19.2 Å². The van der Waals surface area contributed by atoms with Crippen molar-refractivity contribution in [3.8, 4) is 11.5 Å². The fourth-order valence-electron chi connectivity index (χ4n) is 3.07. The van der Waals surface area contributed by atoms with Crippen molar-refractivity contribution in [3.63, 3.8) is 0 Å². The standard InChI is InChI=1S/C21H36N4O3/c1-5-22-21(23-10-11-25-12-14-26-15-13-25)24-17(4)18-8-9-19(27-6-2)20(16-18)28-7-3/h8-9,16-17H,5-7,10-15H2,1-4H3,(H2,22,23,24). The normalized spacial score (nSPS) is 16.5. The van der Waals surface area contributed by atoms with Crippen LogP contribution in [0.5, 0.6) is 11.5 Å². The Morgan fingerprint density at radius 2 is 1.86 bits per heavy atom. The summed E-state index contributed by atoms with van der Waals surface area (Å²) in [6.45, 7) is 15.5. The summed E-state index contributed by atoms with van der Waals surface area (Å²) in [4.78, 5) is 7.12. The first-order valence-electron chi connectivity index (χ1n) is 10.4. The van der Waals surface area contributed by atoms with Crippen molar-refractivity contribution in [1.82, 2.24) is 15.5 Å². The zero-order valence-corrected chi connectivity index (χ0v) is 17.8. The van der Waals surface area contributed by atoms with E-state index < -0.39 is 0 Å². The highest BCUT2D eigenvalue weighted by Gasteiger charge is 2.13. The molecule has 1 fully saturated rings. The number of rotatable bonds is 10.